The molecular weight excluding hydrogens is 175 g/mol. The van der Waals surface area contributed by atoms with E-state index in [1.807, 2.05) is 6.92 Å². The van der Waals surface area contributed by atoms with Gasteiger partial charge in [-0.1, -0.05) is 0 Å². The molecule has 0 bridgehead atoms. The fourth-order valence-corrected chi connectivity index (χ4v) is 1.69. The molecule has 0 amide bonds. The van der Waals surface area contributed by atoms with E-state index in [2.05, 4.69) is 6.26 Å². The summed E-state index contributed by atoms with van der Waals surface area (Å²) in [6, 6.07) is 1.50. The van der Waals surface area contributed by atoms with Gasteiger partial charge in [0.05, 0.1) is 6.26 Å². The number of halogens is 1. The van der Waals surface area contributed by atoms with E-state index in [0.717, 1.165) is 28.0 Å². The lowest BCUT2D eigenvalue weighted by Crippen LogP contribution is -1.71. The van der Waals surface area contributed by atoms with Crippen molar-refractivity contribution in [2.24, 2.45) is 0 Å². The van der Waals surface area contributed by atoms with Gasteiger partial charge >= 0.3 is 0 Å². The van der Waals surface area contributed by atoms with Crippen molar-refractivity contribution in [3.63, 3.8) is 0 Å². The van der Waals surface area contributed by atoms with Crippen molar-refractivity contribution in [2.75, 3.05) is 0 Å². The van der Waals surface area contributed by atoms with Crippen molar-refractivity contribution in [3.05, 3.63) is 34.7 Å². The van der Waals surface area contributed by atoms with E-state index in [4.69, 9.17) is 4.42 Å². The van der Waals surface area contributed by atoms with Crippen molar-refractivity contribution in [1.82, 2.24) is 0 Å². The van der Waals surface area contributed by atoms with Crippen molar-refractivity contribution >= 4 is 11.3 Å². The maximum Gasteiger partial charge on any atom is 0.177 e. The van der Waals surface area contributed by atoms with Crippen LogP contribution in [0, 0.1) is 18.3 Å². The van der Waals surface area contributed by atoms with Crippen LogP contribution in [-0.4, -0.2) is 0 Å². The summed E-state index contributed by atoms with van der Waals surface area (Å²) in [6.45, 7) is 1.88. The summed E-state index contributed by atoms with van der Waals surface area (Å²) in [6.07, 6.45) is 4.26. The molecule has 12 heavy (non-hydrogen) atoms. The summed E-state index contributed by atoms with van der Waals surface area (Å²) in [5.74, 6) is 0. The molecule has 1 nitrogen and oxygen atoms in total. The van der Waals surface area contributed by atoms with Crippen LogP contribution in [0.2, 0.25) is 0 Å². The van der Waals surface area contributed by atoms with Crippen LogP contribution in [0.3, 0.4) is 0 Å². The molecule has 2 aromatic rings. The van der Waals surface area contributed by atoms with Gasteiger partial charge in [0.2, 0.25) is 0 Å². The Bertz CT molecular complexity index is 389. The molecule has 1 radical (unpaired) electrons. The zero-order valence-electron chi connectivity index (χ0n) is 6.43. The zero-order valence-corrected chi connectivity index (χ0v) is 7.24. The van der Waals surface area contributed by atoms with E-state index in [1.165, 1.54) is 6.07 Å². The highest BCUT2D eigenvalue weighted by atomic mass is 32.1. The number of furan rings is 1. The first-order valence-corrected chi connectivity index (χ1v) is 4.35. The molecule has 2 heterocycles. The Morgan fingerprint density at radius 1 is 1.58 bits per heavy atom. The average molecular weight is 181 g/mol. The molecule has 3 heteroatoms. The smallest absolute Gasteiger partial charge is 0.177 e. The molecule has 0 spiro atoms. The lowest BCUT2D eigenvalue weighted by molar-refractivity contribution is 0.557. The second-order valence-corrected chi connectivity index (χ2v) is 3.38. The molecular formula is C9H6FOS. The maximum absolute atomic E-state index is 12.6. The molecule has 0 aliphatic carbocycles. The Morgan fingerprint density at radius 2 is 2.42 bits per heavy atom. The van der Waals surface area contributed by atoms with Crippen LogP contribution in [0.15, 0.2) is 22.1 Å². The van der Waals surface area contributed by atoms with Crippen LogP contribution < -0.4 is 0 Å². The molecule has 0 aliphatic rings. The summed E-state index contributed by atoms with van der Waals surface area (Å²) in [4.78, 5) is 0. The van der Waals surface area contributed by atoms with E-state index in [0.29, 0.717) is 0 Å². The van der Waals surface area contributed by atoms with Crippen molar-refractivity contribution in [2.45, 2.75) is 6.92 Å². The molecule has 0 atom stereocenters. The van der Waals surface area contributed by atoms with Crippen LogP contribution in [-0.2, 0) is 0 Å². The largest absolute Gasteiger partial charge is 0.460 e. The van der Waals surface area contributed by atoms with Gasteiger partial charge in [0.25, 0.3) is 0 Å². The summed E-state index contributed by atoms with van der Waals surface area (Å²) >= 11 is 1.09. The molecule has 0 saturated carbocycles. The minimum atomic E-state index is -0.175. The monoisotopic (exact) mass is 181 g/mol. The summed E-state index contributed by atoms with van der Waals surface area (Å²) < 4.78 is 17.5. The fraction of sp³-hybridized carbons (Fsp3) is 0.111. The predicted octanol–water partition coefficient (Wildman–Crippen LogP) is 3.26. The summed E-state index contributed by atoms with van der Waals surface area (Å²) in [5, 5.41) is 1.59. The molecule has 0 aliphatic heterocycles. The summed E-state index contributed by atoms with van der Waals surface area (Å²) in [7, 11) is 0. The van der Waals surface area contributed by atoms with Crippen LogP contribution in [0.4, 0.5) is 4.39 Å². The Balaban J connectivity index is 2.50. The number of aryl methyl sites for hydroxylation is 1. The molecule has 0 aromatic carbocycles. The Morgan fingerprint density at radius 3 is 2.92 bits per heavy atom. The van der Waals surface area contributed by atoms with Gasteiger partial charge in [-0.05, 0) is 18.6 Å². The Labute approximate surface area is 73.5 Å². The third kappa shape index (κ3) is 1.16. The van der Waals surface area contributed by atoms with E-state index >= 15 is 0 Å². The zero-order chi connectivity index (χ0) is 8.55. The van der Waals surface area contributed by atoms with Gasteiger partial charge in [-0.3, -0.25) is 0 Å². The first kappa shape index (κ1) is 7.55. The normalized spacial score (nSPS) is 10.5. The summed E-state index contributed by atoms with van der Waals surface area (Å²) in [5.41, 5.74) is 2.68. The van der Waals surface area contributed by atoms with Crippen LogP contribution >= 0.6 is 11.3 Å². The third-order valence-corrected chi connectivity index (χ3v) is 2.39. The molecule has 0 unspecified atom stereocenters. The van der Waals surface area contributed by atoms with Gasteiger partial charge in [0.1, 0.15) is 0 Å². The number of rotatable bonds is 1. The minimum absolute atomic E-state index is 0.175. The third-order valence-electron chi connectivity index (χ3n) is 1.67. The van der Waals surface area contributed by atoms with Gasteiger partial charge in [-0.15, -0.1) is 11.3 Å². The topological polar surface area (TPSA) is 13.1 Å². The molecule has 2 aromatic heterocycles. The first-order chi connectivity index (χ1) is 5.77. The minimum Gasteiger partial charge on any atom is -0.460 e. The number of hydrogen-bond acceptors (Lipinski definition) is 2. The highest BCUT2D eigenvalue weighted by molar-refractivity contribution is 7.08. The highest BCUT2D eigenvalue weighted by Gasteiger charge is 2.06. The van der Waals surface area contributed by atoms with Crippen molar-refractivity contribution in [1.29, 1.82) is 0 Å². The molecule has 61 valence electrons. The first-order valence-electron chi connectivity index (χ1n) is 3.47. The van der Waals surface area contributed by atoms with E-state index in [1.54, 1.807) is 11.6 Å². The SMILES string of the molecule is Cc1[c]occ1-c1csc(F)c1. The predicted molar refractivity (Wildman–Crippen MR) is 45.6 cm³/mol. The van der Waals surface area contributed by atoms with Crippen LogP contribution in [0.1, 0.15) is 5.56 Å². The van der Waals surface area contributed by atoms with Gasteiger partial charge in [0, 0.05) is 16.5 Å². The van der Waals surface area contributed by atoms with Crippen LogP contribution in [0.5, 0.6) is 0 Å². The van der Waals surface area contributed by atoms with Crippen molar-refractivity contribution < 1.29 is 8.81 Å². The number of thiophene rings is 1. The van der Waals surface area contributed by atoms with E-state index in [-0.39, 0.29) is 5.13 Å². The van der Waals surface area contributed by atoms with Gasteiger partial charge in [-0.25, -0.2) is 0 Å². The lowest BCUT2D eigenvalue weighted by atomic mass is 10.1. The Hall–Kier alpha value is -1.09. The fourth-order valence-electron chi connectivity index (χ4n) is 1.06. The lowest BCUT2D eigenvalue weighted by Gasteiger charge is -1.89. The Kier molecular flexibility index (Phi) is 1.73. The maximum atomic E-state index is 12.6. The molecule has 0 fully saturated rings. The second-order valence-electron chi connectivity index (χ2n) is 2.52. The standard InChI is InChI=1S/C9H6FOS/c1-6-3-11-4-8(6)7-2-9(10)12-5-7/h2,4-5H,1H3. The van der Waals surface area contributed by atoms with Crippen LogP contribution in [0.25, 0.3) is 11.1 Å². The van der Waals surface area contributed by atoms with Gasteiger partial charge in [0.15, 0.2) is 11.4 Å². The molecule has 0 N–H and O–H groups in total. The van der Waals surface area contributed by atoms with E-state index < -0.39 is 0 Å². The molecule has 0 saturated heterocycles. The average Bonchev–Trinajstić information content (AvgIpc) is 2.58. The van der Waals surface area contributed by atoms with Gasteiger partial charge < -0.3 is 4.42 Å². The van der Waals surface area contributed by atoms with Gasteiger partial charge in [-0.2, -0.15) is 4.39 Å². The second kappa shape index (κ2) is 2.75. The van der Waals surface area contributed by atoms with Crippen molar-refractivity contribution in [3.8, 4) is 11.1 Å². The highest BCUT2D eigenvalue weighted by Crippen LogP contribution is 2.27. The quantitative estimate of drug-likeness (QED) is 0.658. The number of hydrogen-bond donors (Lipinski definition) is 0. The van der Waals surface area contributed by atoms with E-state index in [9.17, 15) is 4.39 Å². The molecule has 2 rings (SSSR count).